The molecule has 1 heterocycles. The number of alkyl halides is 5. The molecule has 0 atom stereocenters. The second-order valence-electron chi connectivity index (χ2n) is 2.35. The summed E-state index contributed by atoms with van der Waals surface area (Å²) in [7, 11) is 0. The van der Waals surface area contributed by atoms with E-state index in [4.69, 9.17) is 0 Å². The molecule has 15 heavy (non-hydrogen) atoms. The van der Waals surface area contributed by atoms with Crippen LogP contribution in [0.1, 0.15) is 5.56 Å². The molecule has 0 fully saturated rings. The molecule has 84 valence electrons. The quantitative estimate of drug-likeness (QED) is 0.469. The Morgan fingerprint density at radius 3 is 2.40 bits per heavy atom. The summed E-state index contributed by atoms with van der Waals surface area (Å²) >= 11 is 1.30. The molecule has 0 aromatic carbocycles. The smallest absolute Gasteiger partial charge is 0.422 e. The lowest BCUT2D eigenvalue weighted by atomic mass is 10.2. The van der Waals surface area contributed by atoms with E-state index < -0.39 is 27.8 Å². The maximum absolute atomic E-state index is 12.4. The molecule has 1 rings (SSSR count). The minimum absolute atomic E-state index is 0.432. The van der Waals surface area contributed by atoms with Gasteiger partial charge < -0.3 is 4.74 Å². The first-order valence-electron chi connectivity index (χ1n) is 3.49. The summed E-state index contributed by atoms with van der Waals surface area (Å²) in [6.07, 6.45) is -3.80. The number of rotatable bonds is 2. The summed E-state index contributed by atoms with van der Waals surface area (Å²) in [6.45, 7) is -3.30. The van der Waals surface area contributed by atoms with Gasteiger partial charge in [-0.2, -0.15) is 22.0 Å². The summed E-state index contributed by atoms with van der Waals surface area (Å²) in [4.78, 5) is 3.36. The number of ether oxygens (including phenoxy) is 1. The Morgan fingerprint density at radius 2 is 1.93 bits per heavy atom. The van der Waals surface area contributed by atoms with E-state index >= 15 is 0 Å². The van der Waals surface area contributed by atoms with Crippen LogP contribution in [0, 0.1) is 3.70 Å². The first-order valence-corrected chi connectivity index (χ1v) is 4.56. The van der Waals surface area contributed by atoms with Gasteiger partial charge in [-0.05, 0) is 28.7 Å². The molecule has 0 amide bonds. The average Bonchev–Trinajstić information content (AvgIpc) is 1.99. The van der Waals surface area contributed by atoms with E-state index in [0.29, 0.717) is 0 Å². The van der Waals surface area contributed by atoms with Gasteiger partial charge in [-0.25, -0.2) is 4.98 Å². The normalized spacial score (nSPS) is 11.9. The Balaban J connectivity index is 3.21. The molecule has 0 aliphatic heterocycles. The third-order valence-corrected chi connectivity index (χ3v) is 2.18. The highest BCUT2D eigenvalue weighted by Crippen LogP contribution is 2.38. The van der Waals surface area contributed by atoms with E-state index in [1.165, 1.54) is 22.6 Å². The molecule has 0 bridgehead atoms. The molecule has 0 spiro atoms. The molecular formula is C7H3F5INO. The SMILES string of the molecule is FC(F)Oc1ccnc(I)c1C(F)(F)F. The number of hydrogen-bond donors (Lipinski definition) is 0. The van der Waals surface area contributed by atoms with Crippen LogP contribution in [0.2, 0.25) is 0 Å². The summed E-state index contributed by atoms with van der Waals surface area (Å²) < 4.78 is 64.1. The minimum Gasteiger partial charge on any atom is -0.434 e. The number of halogens is 6. The van der Waals surface area contributed by atoms with Crippen molar-refractivity contribution in [3.05, 3.63) is 21.5 Å². The van der Waals surface area contributed by atoms with Gasteiger partial charge >= 0.3 is 12.8 Å². The molecule has 2 nitrogen and oxygen atoms in total. The number of nitrogens with zero attached hydrogens (tertiary/aromatic N) is 1. The van der Waals surface area contributed by atoms with Crippen molar-refractivity contribution in [2.75, 3.05) is 0 Å². The Kier molecular flexibility index (Phi) is 3.68. The molecule has 1 aromatic heterocycles. The highest BCUT2D eigenvalue weighted by Gasteiger charge is 2.38. The standard InChI is InChI=1S/C7H3F5INO/c8-6(9)15-3-1-2-14-5(13)4(3)7(10,11)12/h1-2,6H. The van der Waals surface area contributed by atoms with Crippen LogP contribution < -0.4 is 4.74 Å². The monoisotopic (exact) mass is 339 g/mol. The first kappa shape index (κ1) is 12.4. The van der Waals surface area contributed by atoms with Crippen molar-refractivity contribution >= 4 is 22.6 Å². The summed E-state index contributed by atoms with van der Waals surface area (Å²) in [5.74, 6) is -0.920. The van der Waals surface area contributed by atoms with Gasteiger partial charge in [-0.1, -0.05) is 0 Å². The van der Waals surface area contributed by atoms with Crippen molar-refractivity contribution < 1.29 is 26.7 Å². The average molecular weight is 339 g/mol. The van der Waals surface area contributed by atoms with E-state index in [9.17, 15) is 22.0 Å². The number of pyridine rings is 1. The zero-order chi connectivity index (χ0) is 11.6. The zero-order valence-electron chi connectivity index (χ0n) is 6.86. The van der Waals surface area contributed by atoms with Crippen molar-refractivity contribution in [1.29, 1.82) is 0 Å². The fourth-order valence-corrected chi connectivity index (χ4v) is 1.60. The fourth-order valence-electron chi connectivity index (χ4n) is 0.871. The Hall–Kier alpha value is -0.670. The Labute approximate surface area is 94.6 Å². The van der Waals surface area contributed by atoms with Crippen LogP contribution in [-0.2, 0) is 6.18 Å². The first-order chi connectivity index (χ1) is 6.82. The van der Waals surface area contributed by atoms with E-state index in [1.54, 1.807) is 0 Å². The van der Waals surface area contributed by atoms with Crippen molar-refractivity contribution in [2.24, 2.45) is 0 Å². The molecule has 0 saturated heterocycles. The van der Waals surface area contributed by atoms with Gasteiger partial charge in [0.1, 0.15) is 15.0 Å². The summed E-state index contributed by atoms with van der Waals surface area (Å²) in [5.41, 5.74) is -1.29. The third kappa shape index (κ3) is 3.14. The van der Waals surface area contributed by atoms with E-state index in [1.807, 2.05) is 0 Å². The highest BCUT2D eigenvalue weighted by molar-refractivity contribution is 14.1. The van der Waals surface area contributed by atoms with Gasteiger partial charge in [-0.15, -0.1) is 0 Å². The van der Waals surface area contributed by atoms with E-state index in [0.717, 1.165) is 12.3 Å². The predicted molar refractivity (Wildman–Crippen MR) is 48.6 cm³/mol. The predicted octanol–water partition coefficient (Wildman–Crippen LogP) is 3.31. The van der Waals surface area contributed by atoms with Gasteiger partial charge in [0.2, 0.25) is 0 Å². The highest BCUT2D eigenvalue weighted by atomic mass is 127. The van der Waals surface area contributed by atoms with Crippen molar-refractivity contribution in [1.82, 2.24) is 4.98 Å². The maximum Gasteiger partial charge on any atom is 0.422 e. The van der Waals surface area contributed by atoms with Crippen LogP contribution in [0.5, 0.6) is 5.75 Å². The summed E-state index contributed by atoms with van der Waals surface area (Å²) in [5, 5.41) is 0. The van der Waals surface area contributed by atoms with Crippen molar-refractivity contribution in [3.63, 3.8) is 0 Å². The molecule has 0 N–H and O–H groups in total. The van der Waals surface area contributed by atoms with Crippen LogP contribution in [0.25, 0.3) is 0 Å². The molecule has 0 radical (unpaired) electrons. The molecule has 0 aliphatic carbocycles. The van der Waals surface area contributed by atoms with Gasteiger partial charge in [0.15, 0.2) is 0 Å². The fraction of sp³-hybridized carbons (Fsp3) is 0.286. The van der Waals surface area contributed by atoms with Crippen LogP contribution in [0.3, 0.4) is 0 Å². The Morgan fingerprint density at radius 1 is 1.33 bits per heavy atom. The lowest BCUT2D eigenvalue weighted by Crippen LogP contribution is -2.14. The van der Waals surface area contributed by atoms with Gasteiger partial charge in [-0.3, -0.25) is 0 Å². The maximum atomic E-state index is 12.4. The zero-order valence-corrected chi connectivity index (χ0v) is 9.01. The van der Waals surface area contributed by atoms with Gasteiger partial charge in [0.25, 0.3) is 0 Å². The third-order valence-electron chi connectivity index (χ3n) is 1.37. The van der Waals surface area contributed by atoms with Crippen LogP contribution in [0.15, 0.2) is 12.3 Å². The summed E-state index contributed by atoms with van der Waals surface area (Å²) in [6, 6.07) is 0.747. The van der Waals surface area contributed by atoms with Crippen LogP contribution in [-0.4, -0.2) is 11.6 Å². The number of hydrogen-bond acceptors (Lipinski definition) is 2. The van der Waals surface area contributed by atoms with Gasteiger partial charge in [0.05, 0.1) is 0 Å². The minimum atomic E-state index is -4.77. The van der Waals surface area contributed by atoms with E-state index in [2.05, 4.69) is 9.72 Å². The Bertz CT molecular complexity index is 354. The topological polar surface area (TPSA) is 22.1 Å². The molecule has 0 unspecified atom stereocenters. The van der Waals surface area contributed by atoms with Crippen LogP contribution in [0.4, 0.5) is 22.0 Å². The van der Waals surface area contributed by atoms with E-state index in [-0.39, 0.29) is 0 Å². The molecule has 0 saturated carbocycles. The van der Waals surface area contributed by atoms with Crippen molar-refractivity contribution in [3.8, 4) is 5.75 Å². The second-order valence-corrected chi connectivity index (χ2v) is 3.37. The molecule has 1 aromatic rings. The molecule has 0 aliphatic rings. The van der Waals surface area contributed by atoms with Gasteiger partial charge in [0, 0.05) is 6.20 Å². The largest absolute Gasteiger partial charge is 0.434 e. The van der Waals surface area contributed by atoms with Crippen molar-refractivity contribution in [2.45, 2.75) is 12.8 Å². The molecular weight excluding hydrogens is 336 g/mol. The lowest BCUT2D eigenvalue weighted by Gasteiger charge is -2.13. The molecule has 8 heteroatoms. The second kappa shape index (κ2) is 4.45. The number of aromatic nitrogens is 1. The lowest BCUT2D eigenvalue weighted by molar-refractivity contribution is -0.142. The van der Waals surface area contributed by atoms with Crippen LogP contribution >= 0.6 is 22.6 Å².